The summed E-state index contributed by atoms with van der Waals surface area (Å²) in [6.07, 6.45) is 2.56. The van der Waals surface area contributed by atoms with E-state index in [1.807, 2.05) is 12.1 Å². The summed E-state index contributed by atoms with van der Waals surface area (Å²) in [6.45, 7) is 2.03. The van der Waals surface area contributed by atoms with E-state index < -0.39 is 6.04 Å². The predicted octanol–water partition coefficient (Wildman–Crippen LogP) is 2.67. The van der Waals surface area contributed by atoms with E-state index in [-0.39, 0.29) is 24.2 Å². The van der Waals surface area contributed by atoms with Crippen molar-refractivity contribution in [3.8, 4) is 0 Å². The molecule has 2 aromatic carbocycles. The van der Waals surface area contributed by atoms with Gasteiger partial charge in [-0.05, 0) is 41.5 Å². The van der Waals surface area contributed by atoms with Crippen LogP contribution in [0.1, 0.15) is 18.4 Å². The molecule has 130 valence electrons. The Balaban J connectivity index is 0.00000208. The average Bonchev–Trinajstić information content (AvgIpc) is 2.62. The smallest absolute Gasteiger partial charge is 0.237 e. The highest BCUT2D eigenvalue weighted by Crippen LogP contribution is 2.19. The van der Waals surface area contributed by atoms with Crippen LogP contribution >= 0.6 is 12.4 Å². The number of benzene rings is 2. The van der Waals surface area contributed by atoms with Crippen molar-refractivity contribution in [2.75, 3.05) is 19.8 Å². The summed E-state index contributed by atoms with van der Waals surface area (Å²) in [7, 11) is 0. The van der Waals surface area contributed by atoms with Gasteiger partial charge < -0.3 is 15.8 Å². The SMILES string of the molecule is Cl.NC(C(=O)NCCc1cccc2ccccc12)C1CCOCC1. The number of hydrogen-bond donors (Lipinski definition) is 2. The first kappa shape index (κ1) is 18.7. The van der Waals surface area contributed by atoms with Crippen LogP contribution in [-0.4, -0.2) is 31.7 Å². The van der Waals surface area contributed by atoms with Gasteiger partial charge in [0.2, 0.25) is 5.91 Å². The maximum Gasteiger partial charge on any atom is 0.237 e. The van der Waals surface area contributed by atoms with Crippen molar-refractivity contribution in [1.82, 2.24) is 5.32 Å². The monoisotopic (exact) mass is 348 g/mol. The third-order valence-corrected chi connectivity index (χ3v) is 4.65. The third-order valence-electron chi connectivity index (χ3n) is 4.65. The molecule has 0 saturated carbocycles. The van der Waals surface area contributed by atoms with Gasteiger partial charge in [-0.3, -0.25) is 4.79 Å². The van der Waals surface area contributed by atoms with Crippen molar-refractivity contribution in [3.63, 3.8) is 0 Å². The second-order valence-electron chi connectivity index (χ2n) is 6.15. The third kappa shape index (κ3) is 4.47. The second-order valence-corrected chi connectivity index (χ2v) is 6.15. The van der Waals surface area contributed by atoms with Gasteiger partial charge in [0.05, 0.1) is 6.04 Å². The first-order valence-corrected chi connectivity index (χ1v) is 8.33. The van der Waals surface area contributed by atoms with Gasteiger partial charge in [0.15, 0.2) is 0 Å². The number of ether oxygens (including phenoxy) is 1. The summed E-state index contributed by atoms with van der Waals surface area (Å²) >= 11 is 0. The molecule has 4 nitrogen and oxygen atoms in total. The average molecular weight is 349 g/mol. The van der Waals surface area contributed by atoms with Gasteiger partial charge in [-0.15, -0.1) is 12.4 Å². The molecule has 1 saturated heterocycles. The van der Waals surface area contributed by atoms with Crippen molar-refractivity contribution in [3.05, 3.63) is 48.0 Å². The lowest BCUT2D eigenvalue weighted by Crippen LogP contribution is -2.47. The van der Waals surface area contributed by atoms with Crippen LogP contribution in [0.5, 0.6) is 0 Å². The molecule has 3 N–H and O–H groups in total. The topological polar surface area (TPSA) is 64.4 Å². The van der Waals surface area contributed by atoms with Crippen molar-refractivity contribution < 1.29 is 9.53 Å². The summed E-state index contributed by atoms with van der Waals surface area (Å²) < 4.78 is 5.32. The first-order valence-electron chi connectivity index (χ1n) is 8.33. The second kappa shape index (κ2) is 9.02. The Morgan fingerprint density at radius 2 is 1.88 bits per heavy atom. The number of carbonyl (C=O) groups excluding carboxylic acids is 1. The van der Waals surface area contributed by atoms with Gasteiger partial charge in [0.25, 0.3) is 0 Å². The van der Waals surface area contributed by atoms with Gasteiger partial charge >= 0.3 is 0 Å². The Morgan fingerprint density at radius 1 is 1.17 bits per heavy atom. The molecule has 1 amide bonds. The van der Waals surface area contributed by atoms with Crippen LogP contribution < -0.4 is 11.1 Å². The number of fused-ring (bicyclic) bond motifs is 1. The van der Waals surface area contributed by atoms with Crippen LogP contribution in [0.2, 0.25) is 0 Å². The molecule has 1 unspecified atom stereocenters. The van der Waals surface area contributed by atoms with E-state index >= 15 is 0 Å². The van der Waals surface area contributed by atoms with Crippen molar-refractivity contribution in [2.45, 2.75) is 25.3 Å². The fraction of sp³-hybridized carbons (Fsp3) is 0.421. The standard InChI is InChI=1S/C19H24N2O2.ClH/c20-18(16-9-12-23-13-10-16)19(22)21-11-8-15-6-3-5-14-4-1-2-7-17(14)15;/h1-7,16,18H,8-13,20H2,(H,21,22);1H. The molecule has 0 aromatic heterocycles. The quantitative estimate of drug-likeness (QED) is 0.873. The zero-order valence-corrected chi connectivity index (χ0v) is 14.6. The molecule has 0 aliphatic carbocycles. The van der Waals surface area contributed by atoms with Crippen LogP contribution in [0, 0.1) is 5.92 Å². The first-order chi connectivity index (χ1) is 11.3. The minimum absolute atomic E-state index is 0. The van der Waals surface area contributed by atoms with E-state index in [9.17, 15) is 4.79 Å². The number of carbonyl (C=O) groups is 1. The number of nitrogens with one attached hydrogen (secondary N) is 1. The number of hydrogen-bond acceptors (Lipinski definition) is 3. The zero-order valence-electron chi connectivity index (χ0n) is 13.7. The van der Waals surface area contributed by atoms with Gasteiger partial charge in [-0.25, -0.2) is 0 Å². The number of nitrogens with two attached hydrogens (primary N) is 1. The molecule has 0 bridgehead atoms. The molecule has 2 aromatic rings. The van der Waals surface area contributed by atoms with Crippen LogP contribution in [0.25, 0.3) is 10.8 Å². The number of amides is 1. The Labute approximate surface area is 149 Å². The highest BCUT2D eigenvalue weighted by Gasteiger charge is 2.26. The van der Waals surface area contributed by atoms with E-state index in [2.05, 4.69) is 35.6 Å². The fourth-order valence-corrected chi connectivity index (χ4v) is 3.24. The number of rotatable bonds is 5. The summed E-state index contributed by atoms with van der Waals surface area (Å²) in [5.41, 5.74) is 7.35. The van der Waals surface area contributed by atoms with Crippen molar-refractivity contribution in [2.24, 2.45) is 11.7 Å². The van der Waals surface area contributed by atoms with Gasteiger partial charge in [-0.2, -0.15) is 0 Å². The van der Waals surface area contributed by atoms with Crippen LogP contribution in [0.4, 0.5) is 0 Å². The minimum Gasteiger partial charge on any atom is -0.381 e. The molecule has 5 heteroatoms. The van der Waals surface area contributed by atoms with Crippen LogP contribution in [0.15, 0.2) is 42.5 Å². The molecule has 1 heterocycles. The highest BCUT2D eigenvalue weighted by atomic mass is 35.5. The molecule has 1 aliphatic rings. The van der Waals surface area contributed by atoms with Gasteiger partial charge in [0.1, 0.15) is 0 Å². The highest BCUT2D eigenvalue weighted by molar-refractivity contribution is 5.86. The lowest BCUT2D eigenvalue weighted by atomic mass is 9.92. The molecule has 1 atom stereocenters. The maximum atomic E-state index is 12.2. The number of halogens is 1. The molecule has 1 aliphatic heterocycles. The Hall–Kier alpha value is -1.62. The summed E-state index contributed by atoms with van der Waals surface area (Å²) in [4.78, 5) is 12.2. The lowest BCUT2D eigenvalue weighted by molar-refractivity contribution is -0.124. The Kier molecular flexibility index (Phi) is 7.03. The largest absolute Gasteiger partial charge is 0.381 e. The normalized spacial score (nSPS) is 16.4. The predicted molar refractivity (Wildman–Crippen MR) is 99.4 cm³/mol. The Bertz CT molecular complexity index is 666. The van der Waals surface area contributed by atoms with E-state index in [4.69, 9.17) is 10.5 Å². The molecular weight excluding hydrogens is 324 g/mol. The minimum atomic E-state index is -0.425. The summed E-state index contributed by atoms with van der Waals surface area (Å²) in [5.74, 6) is 0.193. The van der Waals surface area contributed by atoms with E-state index in [0.717, 1.165) is 19.3 Å². The molecule has 3 rings (SSSR count). The van der Waals surface area contributed by atoms with E-state index in [0.29, 0.717) is 19.8 Å². The molecular formula is C19H25ClN2O2. The Morgan fingerprint density at radius 3 is 2.67 bits per heavy atom. The van der Waals surface area contributed by atoms with Crippen molar-refractivity contribution in [1.29, 1.82) is 0 Å². The van der Waals surface area contributed by atoms with Gasteiger partial charge in [0, 0.05) is 19.8 Å². The molecule has 0 radical (unpaired) electrons. The lowest BCUT2D eigenvalue weighted by Gasteiger charge is -2.26. The molecule has 0 spiro atoms. The zero-order chi connectivity index (χ0) is 16.1. The van der Waals surface area contributed by atoms with Crippen LogP contribution in [0.3, 0.4) is 0 Å². The molecule has 24 heavy (non-hydrogen) atoms. The van der Waals surface area contributed by atoms with E-state index in [1.54, 1.807) is 0 Å². The fourth-order valence-electron chi connectivity index (χ4n) is 3.24. The summed E-state index contributed by atoms with van der Waals surface area (Å²) in [6, 6.07) is 14.2. The summed E-state index contributed by atoms with van der Waals surface area (Å²) in [5, 5.41) is 5.47. The van der Waals surface area contributed by atoms with E-state index in [1.165, 1.54) is 16.3 Å². The van der Waals surface area contributed by atoms with Crippen LogP contribution in [-0.2, 0) is 16.0 Å². The van der Waals surface area contributed by atoms with Gasteiger partial charge in [-0.1, -0.05) is 42.5 Å². The maximum absolute atomic E-state index is 12.2. The van der Waals surface area contributed by atoms with Crippen molar-refractivity contribution >= 4 is 29.1 Å². The molecule has 1 fully saturated rings.